The van der Waals surface area contributed by atoms with Crippen molar-refractivity contribution in [3.63, 3.8) is 0 Å². The van der Waals surface area contributed by atoms with Gasteiger partial charge in [0.05, 0.1) is 12.7 Å². The summed E-state index contributed by atoms with van der Waals surface area (Å²) in [6.07, 6.45) is 0.978. The average Bonchev–Trinajstić information content (AvgIpc) is 1.96. The second-order valence-corrected chi connectivity index (χ2v) is 6.30. The van der Waals surface area contributed by atoms with Crippen LogP contribution in [-0.2, 0) is 14.8 Å². The Bertz CT molecular complexity index is 368. The monoisotopic (exact) mass is 250 g/mol. The van der Waals surface area contributed by atoms with Crippen LogP contribution in [0.2, 0.25) is 0 Å². The van der Waals surface area contributed by atoms with Crippen molar-refractivity contribution >= 4 is 16.0 Å². The van der Waals surface area contributed by atoms with E-state index in [1.54, 1.807) is 6.92 Å². The molecule has 0 aliphatic carbocycles. The molecule has 0 aromatic carbocycles. The molecule has 1 N–H and O–H groups in total. The van der Waals surface area contributed by atoms with Crippen LogP contribution >= 0.6 is 0 Å². The smallest absolute Gasteiger partial charge is 0.305 e. The maximum Gasteiger partial charge on any atom is 0.305 e. The van der Waals surface area contributed by atoms with E-state index in [0.29, 0.717) is 13.1 Å². The lowest BCUT2D eigenvalue weighted by Crippen LogP contribution is -2.58. The number of carboxylic acid groups (broad SMARTS) is 1. The van der Waals surface area contributed by atoms with Gasteiger partial charge in [0.25, 0.3) is 0 Å². The molecule has 94 valence electrons. The van der Waals surface area contributed by atoms with Gasteiger partial charge in [-0.2, -0.15) is 4.31 Å². The molecule has 2 atom stereocenters. The summed E-state index contributed by atoms with van der Waals surface area (Å²) in [5.74, 6) is -0.971. The minimum Gasteiger partial charge on any atom is -0.481 e. The lowest BCUT2D eigenvalue weighted by molar-refractivity contribution is -0.138. The third kappa shape index (κ3) is 3.16. The fourth-order valence-electron chi connectivity index (χ4n) is 2.36. The van der Waals surface area contributed by atoms with E-state index < -0.39 is 22.0 Å². The summed E-state index contributed by atoms with van der Waals surface area (Å²) in [6, 6.07) is -0.653. The van der Waals surface area contributed by atoms with Gasteiger partial charge in [-0.3, -0.25) is 4.79 Å². The first-order chi connectivity index (χ1) is 7.21. The highest BCUT2D eigenvalue weighted by molar-refractivity contribution is 7.88. The van der Waals surface area contributed by atoms with Gasteiger partial charge in [0, 0.05) is 25.2 Å². The highest BCUT2D eigenvalue weighted by atomic mass is 32.2. The third-order valence-electron chi connectivity index (χ3n) is 2.69. The normalized spacial score (nSPS) is 29.2. The quantitative estimate of drug-likeness (QED) is 0.725. The van der Waals surface area contributed by atoms with Gasteiger partial charge in [-0.1, -0.05) is 0 Å². The van der Waals surface area contributed by atoms with Crippen molar-refractivity contribution < 1.29 is 18.3 Å². The maximum absolute atomic E-state index is 11.6. The number of nitrogens with zero attached hydrogens (tertiary/aromatic N) is 2. The van der Waals surface area contributed by atoms with E-state index in [-0.39, 0.29) is 12.5 Å². The molecule has 1 aliphatic rings. The predicted molar refractivity (Wildman–Crippen MR) is 59.7 cm³/mol. The topological polar surface area (TPSA) is 77.9 Å². The van der Waals surface area contributed by atoms with Gasteiger partial charge in [-0.15, -0.1) is 0 Å². The first-order valence-corrected chi connectivity index (χ1v) is 6.95. The molecule has 0 spiro atoms. The van der Waals surface area contributed by atoms with Crippen LogP contribution in [0.3, 0.4) is 0 Å². The molecule has 1 fully saturated rings. The van der Waals surface area contributed by atoms with Crippen LogP contribution in [0.4, 0.5) is 0 Å². The van der Waals surface area contributed by atoms with Crippen molar-refractivity contribution in [1.29, 1.82) is 0 Å². The molecule has 1 aliphatic heterocycles. The van der Waals surface area contributed by atoms with E-state index >= 15 is 0 Å². The second kappa shape index (κ2) is 4.68. The molecule has 0 amide bonds. The van der Waals surface area contributed by atoms with Gasteiger partial charge in [0.1, 0.15) is 0 Å². The van der Waals surface area contributed by atoms with Crippen LogP contribution in [0.1, 0.15) is 13.3 Å². The number of sulfonamides is 1. The van der Waals surface area contributed by atoms with Crippen molar-refractivity contribution in [2.24, 2.45) is 0 Å². The minimum atomic E-state index is -3.35. The Labute approximate surface area is 95.9 Å². The molecule has 0 aromatic rings. The molecule has 7 heteroatoms. The number of carbonyl (C=O) groups is 1. The van der Waals surface area contributed by atoms with Crippen molar-refractivity contribution in [2.45, 2.75) is 25.4 Å². The second-order valence-electron chi connectivity index (χ2n) is 4.41. The van der Waals surface area contributed by atoms with Gasteiger partial charge in [-0.25, -0.2) is 8.42 Å². The van der Waals surface area contributed by atoms with Crippen LogP contribution in [0.5, 0.6) is 0 Å². The first-order valence-electron chi connectivity index (χ1n) is 5.10. The van der Waals surface area contributed by atoms with Gasteiger partial charge >= 0.3 is 5.97 Å². The van der Waals surface area contributed by atoms with E-state index in [4.69, 9.17) is 5.11 Å². The van der Waals surface area contributed by atoms with E-state index in [0.717, 1.165) is 6.26 Å². The fraction of sp³-hybridized carbons (Fsp3) is 0.889. The van der Waals surface area contributed by atoms with Gasteiger partial charge < -0.3 is 10.0 Å². The number of aliphatic carboxylic acids is 1. The molecule has 0 aromatic heterocycles. The van der Waals surface area contributed by atoms with E-state index in [2.05, 4.69) is 0 Å². The summed E-state index contributed by atoms with van der Waals surface area (Å²) in [5.41, 5.74) is 0. The summed E-state index contributed by atoms with van der Waals surface area (Å²) in [6.45, 7) is 2.89. The first kappa shape index (κ1) is 13.4. The number of carboxylic acids is 1. The molecular weight excluding hydrogens is 232 g/mol. The Morgan fingerprint density at radius 1 is 1.44 bits per heavy atom. The van der Waals surface area contributed by atoms with E-state index in [1.165, 1.54) is 4.31 Å². The molecular formula is C9H18N2O4S. The van der Waals surface area contributed by atoms with Crippen LogP contribution in [0, 0.1) is 0 Å². The molecule has 0 saturated carbocycles. The zero-order valence-corrected chi connectivity index (χ0v) is 10.6. The van der Waals surface area contributed by atoms with Gasteiger partial charge in [-0.05, 0) is 14.0 Å². The van der Waals surface area contributed by atoms with Crippen LogP contribution in [0.25, 0.3) is 0 Å². The zero-order chi connectivity index (χ0) is 12.5. The van der Waals surface area contributed by atoms with Gasteiger partial charge in [0.2, 0.25) is 10.0 Å². The fourth-order valence-corrected chi connectivity index (χ4v) is 3.76. The van der Waals surface area contributed by atoms with Crippen LogP contribution < -0.4 is 0 Å². The Morgan fingerprint density at radius 3 is 2.44 bits per heavy atom. The number of rotatable bonds is 3. The van der Waals surface area contributed by atoms with Crippen LogP contribution in [0.15, 0.2) is 0 Å². The van der Waals surface area contributed by atoms with Crippen molar-refractivity contribution in [1.82, 2.24) is 9.21 Å². The lowest BCUT2D eigenvalue weighted by Gasteiger charge is -2.42. The zero-order valence-electron chi connectivity index (χ0n) is 9.75. The Kier molecular flexibility index (Phi) is 3.92. The Hall–Kier alpha value is -0.660. The van der Waals surface area contributed by atoms with E-state index in [9.17, 15) is 13.2 Å². The van der Waals surface area contributed by atoms with Crippen molar-refractivity contribution in [2.75, 3.05) is 26.4 Å². The summed E-state index contributed by atoms with van der Waals surface area (Å²) in [7, 11) is -1.48. The molecule has 1 heterocycles. The Morgan fingerprint density at radius 2 is 2.00 bits per heavy atom. The number of hydrogen-bond donors (Lipinski definition) is 1. The highest BCUT2D eigenvalue weighted by Gasteiger charge is 2.37. The van der Waals surface area contributed by atoms with E-state index in [1.807, 2.05) is 11.9 Å². The maximum atomic E-state index is 11.6. The molecule has 0 bridgehead atoms. The molecule has 6 nitrogen and oxygen atoms in total. The van der Waals surface area contributed by atoms with Gasteiger partial charge in [0.15, 0.2) is 0 Å². The highest BCUT2D eigenvalue weighted by Crippen LogP contribution is 2.20. The minimum absolute atomic E-state index is 0.151. The van der Waals surface area contributed by atoms with Crippen molar-refractivity contribution in [3.05, 3.63) is 0 Å². The number of likely N-dealkylation sites (N-methyl/N-ethyl adjacent to an activating group) is 1. The average molecular weight is 250 g/mol. The lowest BCUT2D eigenvalue weighted by atomic mass is 10.1. The molecule has 2 unspecified atom stereocenters. The number of piperazine rings is 1. The molecule has 0 radical (unpaired) electrons. The standard InChI is InChI=1S/C9H18N2O4S/c1-7-5-10(2)6-8(4-9(12)13)11(7)16(3,14)15/h7-8H,4-6H2,1-3H3,(H,12,13). The summed E-state index contributed by atoms with van der Waals surface area (Å²) >= 11 is 0. The van der Waals surface area contributed by atoms with Crippen molar-refractivity contribution in [3.8, 4) is 0 Å². The Balaban J connectivity index is 2.94. The van der Waals surface area contributed by atoms with Crippen LogP contribution in [-0.4, -0.2) is 67.2 Å². The summed E-state index contributed by atoms with van der Waals surface area (Å²) in [5, 5.41) is 8.78. The molecule has 16 heavy (non-hydrogen) atoms. The summed E-state index contributed by atoms with van der Waals surface area (Å²) < 4.78 is 24.5. The molecule has 1 rings (SSSR count). The SMILES string of the molecule is CC1CN(C)CC(CC(=O)O)N1S(C)(=O)=O. The summed E-state index contributed by atoms with van der Waals surface area (Å²) in [4.78, 5) is 12.7. The largest absolute Gasteiger partial charge is 0.481 e. The molecule has 1 saturated heterocycles. The third-order valence-corrected chi connectivity index (χ3v) is 4.11. The number of hydrogen-bond acceptors (Lipinski definition) is 4. The predicted octanol–water partition coefficient (Wildman–Crippen LogP) is -0.575.